The number of carbonyl (C=O) groups is 1. The van der Waals surface area contributed by atoms with E-state index in [4.69, 9.17) is 4.98 Å². The van der Waals surface area contributed by atoms with Crippen LogP contribution in [0.3, 0.4) is 0 Å². The van der Waals surface area contributed by atoms with E-state index in [-0.39, 0.29) is 11.8 Å². The molecule has 5 rings (SSSR count). The van der Waals surface area contributed by atoms with Crippen molar-refractivity contribution in [2.24, 2.45) is 0 Å². The summed E-state index contributed by atoms with van der Waals surface area (Å²) in [5.74, 6) is -2.93. The number of aromatic nitrogens is 3. The van der Waals surface area contributed by atoms with Gasteiger partial charge in [-0.2, -0.15) is 0 Å². The third-order valence-electron chi connectivity index (χ3n) is 6.76. The predicted molar refractivity (Wildman–Crippen MR) is 159 cm³/mol. The monoisotopic (exact) mass is 630 g/mol. The van der Waals surface area contributed by atoms with Gasteiger partial charge in [0.05, 0.1) is 27.0 Å². The van der Waals surface area contributed by atoms with Gasteiger partial charge in [0.1, 0.15) is 17.5 Å². The van der Waals surface area contributed by atoms with Crippen LogP contribution in [0.1, 0.15) is 44.0 Å². The molecule has 4 aromatic rings. The molecule has 43 heavy (non-hydrogen) atoms. The Labute approximate surface area is 251 Å². The molecule has 2 aromatic carbocycles. The van der Waals surface area contributed by atoms with Crippen molar-refractivity contribution >= 4 is 38.9 Å². The number of carbonyl (C=O) groups excluding carboxylic acids is 1. The molecule has 0 atom stereocenters. The average Bonchev–Trinajstić information content (AvgIpc) is 3.59. The summed E-state index contributed by atoms with van der Waals surface area (Å²) in [6, 6.07) is 8.08. The van der Waals surface area contributed by atoms with Crippen LogP contribution >= 0.6 is 11.3 Å². The van der Waals surface area contributed by atoms with Crippen LogP contribution in [-0.4, -0.2) is 53.8 Å². The number of anilines is 2. The quantitative estimate of drug-likeness (QED) is 0.194. The molecule has 0 unspecified atom stereocenters. The third kappa shape index (κ3) is 6.80. The van der Waals surface area contributed by atoms with E-state index >= 15 is 0 Å². The van der Waals surface area contributed by atoms with Gasteiger partial charge in [0.15, 0.2) is 4.90 Å². The molecular formula is C29H29F3N6O3S2. The lowest BCUT2D eigenvalue weighted by Gasteiger charge is -2.15. The Morgan fingerprint density at radius 3 is 2.51 bits per heavy atom. The summed E-state index contributed by atoms with van der Waals surface area (Å²) in [5, 5.41) is 3.96. The molecule has 1 saturated heterocycles. The first kappa shape index (κ1) is 30.4. The summed E-state index contributed by atoms with van der Waals surface area (Å²) in [4.78, 5) is 26.8. The van der Waals surface area contributed by atoms with Crippen LogP contribution in [0.15, 0.2) is 53.6 Å². The largest absolute Gasteiger partial charge is 0.354 e. The maximum Gasteiger partial charge on any atom is 0.267 e. The van der Waals surface area contributed by atoms with Gasteiger partial charge in [-0.25, -0.2) is 36.5 Å². The normalized spacial score (nSPS) is 13.6. The first-order valence-corrected chi connectivity index (χ1v) is 16.0. The molecule has 1 aliphatic heterocycles. The molecule has 1 aliphatic rings. The zero-order chi connectivity index (χ0) is 30.7. The molecule has 226 valence electrons. The second-order valence-corrected chi connectivity index (χ2v) is 12.9. The zero-order valence-electron chi connectivity index (χ0n) is 23.4. The molecule has 3 heterocycles. The van der Waals surface area contributed by atoms with E-state index in [0.717, 1.165) is 48.7 Å². The van der Waals surface area contributed by atoms with Crippen LogP contribution in [-0.2, 0) is 14.8 Å². The van der Waals surface area contributed by atoms with Gasteiger partial charge in [-0.1, -0.05) is 19.9 Å². The SMILES string of the molecule is CC(C)c1nc(-c2ccc(F)c(NS(=O)(=O)c3c(F)cccc3F)c2)c(-c2ccnc(NCCCN3CCCC3=O)n2)s1. The minimum absolute atomic E-state index is 0.0488. The van der Waals surface area contributed by atoms with E-state index in [1.807, 2.05) is 23.5 Å². The predicted octanol–water partition coefficient (Wildman–Crippen LogP) is 6.03. The van der Waals surface area contributed by atoms with Crippen LogP contribution in [0.25, 0.3) is 21.8 Å². The van der Waals surface area contributed by atoms with Gasteiger partial charge in [-0.15, -0.1) is 11.3 Å². The Kier molecular flexibility index (Phi) is 8.97. The lowest BCUT2D eigenvalue weighted by molar-refractivity contribution is -0.127. The number of amides is 1. The van der Waals surface area contributed by atoms with Gasteiger partial charge in [0.2, 0.25) is 11.9 Å². The number of halogens is 3. The Hall–Kier alpha value is -4.04. The number of rotatable bonds is 11. The number of thiazole rings is 1. The van der Waals surface area contributed by atoms with Crippen molar-refractivity contribution in [1.29, 1.82) is 0 Å². The topological polar surface area (TPSA) is 117 Å². The van der Waals surface area contributed by atoms with Gasteiger partial charge in [-0.05, 0) is 49.2 Å². The summed E-state index contributed by atoms with van der Waals surface area (Å²) >= 11 is 1.39. The van der Waals surface area contributed by atoms with Crippen molar-refractivity contribution < 1.29 is 26.4 Å². The second-order valence-electron chi connectivity index (χ2n) is 10.3. The van der Waals surface area contributed by atoms with E-state index < -0.39 is 38.1 Å². The van der Waals surface area contributed by atoms with E-state index in [1.165, 1.54) is 23.5 Å². The fourth-order valence-electron chi connectivity index (χ4n) is 4.62. The number of sulfonamides is 1. The summed E-state index contributed by atoms with van der Waals surface area (Å²) in [7, 11) is -4.80. The molecule has 2 N–H and O–H groups in total. The average molecular weight is 631 g/mol. The van der Waals surface area contributed by atoms with Gasteiger partial charge in [0.25, 0.3) is 10.0 Å². The van der Waals surface area contributed by atoms with Crippen LogP contribution in [0, 0.1) is 17.5 Å². The Bertz CT molecular complexity index is 1740. The first-order valence-electron chi connectivity index (χ1n) is 13.7. The van der Waals surface area contributed by atoms with E-state index in [9.17, 15) is 26.4 Å². The van der Waals surface area contributed by atoms with Gasteiger partial charge in [0, 0.05) is 43.7 Å². The lowest BCUT2D eigenvalue weighted by Crippen LogP contribution is -2.27. The summed E-state index contributed by atoms with van der Waals surface area (Å²) < 4.78 is 71.0. The van der Waals surface area contributed by atoms with Gasteiger partial charge in [-0.3, -0.25) is 9.52 Å². The molecule has 0 spiro atoms. The number of hydrogen-bond donors (Lipinski definition) is 2. The number of hydrogen-bond acceptors (Lipinski definition) is 8. The molecule has 1 amide bonds. The summed E-state index contributed by atoms with van der Waals surface area (Å²) in [5.41, 5.74) is 0.858. The van der Waals surface area contributed by atoms with Crippen molar-refractivity contribution in [3.63, 3.8) is 0 Å². The molecule has 9 nitrogen and oxygen atoms in total. The Balaban J connectivity index is 1.42. The van der Waals surface area contributed by atoms with Crippen LogP contribution in [0.2, 0.25) is 0 Å². The fourth-order valence-corrected chi connectivity index (χ4v) is 6.88. The van der Waals surface area contributed by atoms with Crippen molar-refractivity contribution in [2.75, 3.05) is 29.7 Å². The highest BCUT2D eigenvalue weighted by atomic mass is 32.2. The van der Waals surface area contributed by atoms with Crippen LogP contribution in [0.4, 0.5) is 24.8 Å². The molecule has 1 fully saturated rings. The van der Waals surface area contributed by atoms with Crippen molar-refractivity contribution in [3.05, 3.63) is 71.1 Å². The summed E-state index contributed by atoms with van der Waals surface area (Å²) in [6.45, 7) is 5.94. The molecular weight excluding hydrogens is 601 g/mol. The van der Waals surface area contributed by atoms with E-state index in [2.05, 4.69) is 15.3 Å². The van der Waals surface area contributed by atoms with Crippen LogP contribution in [0.5, 0.6) is 0 Å². The third-order valence-corrected chi connectivity index (χ3v) is 9.55. The molecule has 0 aliphatic carbocycles. The molecule has 0 saturated carbocycles. The number of nitrogens with one attached hydrogen (secondary N) is 2. The lowest BCUT2D eigenvalue weighted by atomic mass is 10.1. The summed E-state index contributed by atoms with van der Waals surface area (Å²) in [6.07, 6.45) is 3.81. The molecule has 2 aromatic heterocycles. The minimum Gasteiger partial charge on any atom is -0.354 e. The number of nitrogens with zero attached hydrogens (tertiary/aromatic N) is 4. The number of benzene rings is 2. The van der Waals surface area contributed by atoms with Crippen LogP contribution < -0.4 is 10.0 Å². The van der Waals surface area contributed by atoms with E-state index in [0.29, 0.717) is 47.3 Å². The van der Waals surface area contributed by atoms with Crippen molar-refractivity contribution in [2.45, 2.75) is 43.9 Å². The Morgan fingerprint density at radius 2 is 1.81 bits per heavy atom. The van der Waals surface area contributed by atoms with E-state index in [1.54, 1.807) is 12.3 Å². The smallest absolute Gasteiger partial charge is 0.267 e. The molecule has 14 heteroatoms. The second kappa shape index (κ2) is 12.7. The van der Waals surface area contributed by atoms with Gasteiger partial charge < -0.3 is 10.2 Å². The maximum absolute atomic E-state index is 14.8. The van der Waals surface area contributed by atoms with Crippen molar-refractivity contribution in [3.8, 4) is 21.8 Å². The molecule has 0 radical (unpaired) electrons. The maximum atomic E-state index is 14.8. The fraction of sp³-hybridized carbons (Fsp3) is 0.310. The highest BCUT2D eigenvalue weighted by Crippen LogP contribution is 2.39. The van der Waals surface area contributed by atoms with Gasteiger partial charge >= 0.3 is 0 Å². The minimum atomic E-state index is -4.80. The number of likely N-dealkylation sites (tertiary alicyclic amines) is 1. The zero-order valence-corrected chi connectivity index (χ0v) is 25.0. The first-order chi connectivity index (χ1) is 20.5. The highest BCUT2D eigenvalue weighted by Gasteiger charge is 2.26. The molecule has 0 bridgehead atoms. The highest BCUT2D eigenvalue weighted by molar-refractivity contribution is 7.92. The Morgan fingerprint density at radius 1 is 1.05 bits per heavy atom. The standard InChI is InChI=1S/C29H29F3N6O3S2/c1-17(2)28-36-25(18-9-10-19(30)23(16-18)37-43(40,41)27-20(31)6-3-7-21(27)32)26(42-28)22-11-13-34-29(35-22)33-12-5-15-38-14-4-8-24(38)39/h3,6-7,9-11,13,16-17,37H,4-5,8,12,14-15H2,1-2H3,(H,33,34,35). The van der Waals surface area contributed by atoms with Crippen molar-refractivity contribution in [1.82, 2.24) is 19.9 Å².